The van der Waals surface area contributed by atoms with Gasteiger partial charge in [0.05, 0.1) is 11.9 Å². The molecular weight excluding hydrogens is 557 g/mol. The van der Waals surface area contributed by atoms with E-state index in [1.807, 2.05) is 26.0 Å². The van der Waals surface area contributed by atoms with Crippen molar-refractivity contribution in [3.05, 3.63) is 63.1 Å². The van der Waals surface area contributed by atoms with Gasteiger partial charge in [0, 0.05) is 35.6 Å². The summed E-state index contributed by atoms with van der Waals surface area (Å²) in [6.45, 7) is 5.83. The normalized spacial score (nSPS) is 15.0. The van der Waals surface area contributed by atoms with Crippen molar-refractivity contribution in [1.29, 1.82) is 0 Å². The Kier molecular flexibility index (Phi) is 11.1. The number of carbonyl (C=O) groups excluding carboxylic acids is 2. The summed E-state index contributed by atoms with van der Waals surface area (Å²) >= 11 is 12.5. The molecule has 1 N–H and O–H groups in total. The molecule has 1 atom stereocenters. The molecule has 2 amide bonds. The van der Waals surface area contributed by atoms with Gasteiger partial charge in [-0.15, -0.1) is 0 Å². The fourth-order valence-electron chi connectivity index (χ4n) is 4.97. The predicted molar refractivity (Wildman–Crippen MR) is 159 cm³/mol. The van der Waals surface area contributed by atoms with Crippen LogP contribution in [0.4, 0.5) is 5.69 Å². The van der Waals surface area contributed by atoms with E-state index in [2.05, 4.69) is 5.32 Å². The molecule has 1 aliphatic carbocycles. The number of nitrogens with zero attached hydrogens (tertiary/aromatic N) is 2. The molecule has 10 heteroatoms. The highest BCUT2D eigenvalue weighted by Crippen LogP contribution is 2.27. The maximum atomic E-state index is 13.6. The number of anilines is 1. The number of halogens is 2. The molecule has 1 saturated carbocycles. The number of aryl methyl sites for hydroxylation is 1. The number of hydrogen-bond acceptors (Lipinski definition) is 4. The zero-order valence-electron chi connectivity index (χ0n) is 23.2. The number of sulfonamides is 1. The number of nitrogens with one attached hydrogen (secondary N) is 1. The lowest BCUT2D eigenvalue weighted by Gasteiger charge is -2.32. The van der Waals surface area contributed by atoms with Crippen LogP contribution in [0.25, 0.3) is 0 Å². The van der Waals surface area contributed by atoms with Crippen LogP contribution in [-0.4, -0.2) is 50.0 Å². The molecule has 2 aromatic carbocycles. The molecule has 0 radical (unpaired) electrons. The van der Waals surface area contributed by atoms with Crippen molar-refractivity contribution in [3.63, 3.8) is 0 Å². The van der Waals surface area contributed by atoms with Crippen molar-refractivity contribution in [2.24, 2.45) is 0 Å². The lowest BCUT2D eigenvalue weighted by molar-refractivity contribution is -0.141. The van der Waals surface area contributed by atoms with Gasteiger partial charge >= 0.3 is 0 Å². The van der Waals surface area contributed by atoms with Gasteiger partial charge < -0.3 is 10.2 Å². The standard InChI is InChI=1S/C29H39Cl2N3O4S/c1-20-10-8-13-27(21(20)2)34(39(4,37)38)17-9-14-28(35)33(19-23-15-16-24(30)18-26(23)31)22(3)29(36)32-25-11-6-5-7-12-25/h8,10,13,15-16,18,22,25H,5-7,9,11-12,14,17,19H2,1-4H3,(H,32,36)/t22-/m0/s1. The van der Waals surface area contributed by atoms with Gasteiger partial charge in [-0.1, -0.05) is 60.7 Å². The van der Waals surface area contributed by atoms with E-state index >= 15 is 0 Å². The Morgan fingerprint density at radius 1 is 1.08 bits per heavy atom. The average Bonchev–Trinajstić information content (AvgIpc) is 2.87. The van der Waals surface area contributed by atoms with Gasteiger partial charge in [-0.2, -0.15) is 0 Å². The second-order valence-electron chi connectivity index (χ2n) is 10.4. The lowest BCUT2D eigenvalue weighted by atomic mass is 9.95. The number of amides is 2. The molecule has 0 bridgehead atoms. The summed E-state index contributed by atoms with van der Waals surface area (Å²) < 4.78 is 26.6. The van der Waals surface area contributed by atoms with Crippen molar-refractivity contribution in [2.45, 2.75) is 84.3 Å². The summed E-state index contributed by atoms with van der Waals surface area (Å²) in [6.07, 6.45) is 6.75. The highest BCUT2D eigenvalue weighted by molar-refractivity contribution is 7.92. The minimum Gasteiger partial charge on any atom is -0.352 e. The van der Waals surface area contributed by atoms with Gasteiger partial charge in [-0.3, -0.25) is 13.9 Å². The zero-order valence-corrected chi connectivity index (χ0v) is 25.5. The summed E-state index contributed by atoms with van der Waals surface area (Å²) in [4.78, 5) is 28.3. The number of carbonyl (C=O) groups is 2. The van der Waals surface area contributed by atoms with Crippen LogP contribution in [0.5, 0.6) is 0 Å². The van der Waals surface area contributed by atoms with Crippen LogP contribution in [-0.2, 0) is 26.2 Å². The quantitative estimate of drug-likeness (QED) is 0.344. The van der Waals surface area contributed by atoms with Gasteiger partial charge in [0.25, 0.3) is 0 Å². The molecule has 0 spiro atoms. The SMILES string of the molecule is Cc1cccc(N(CCCC(=O)N(Cc2ccc(Cl)cc2Cl)[C@@H](C)C(=O)NC2CCCCC2)S(C)(=O)=O)c1C. The maximum absolute atomic E-state index is 13.6. The molecule has 0 aliphatic heterocycles. The van der Waals surface area contributed by atoms with E-state index in [0.29, 0.717) is 27.7 Å². The average molecular weight is 597 g/mol. The Hall–Kier alpha value is -2.29. The monoisotopic (exact) mass is 595 g/mol. The van der Waals surface area contributed by atoms with Gasteiger partial charge in [0.15, 0.2) is 0 Å². The van der Waals surface area contributed by atoms with E-state index in [0.717, 1.165) is 36.8 Å². The lowest BCUT2D eigenvalue weighted by Crippen LogP contribution is -2.50. The molecular formula is C29H39Cl2N3O4S. The fourth-order valence-corrected chi connectivity index (χ4v) is 6.46. The number of benzene rings is 2. The molecule has 2 aromatic rings. The van der Waals surface area contributed by atoms with Crippen molar-refractivity contribution >= 4 is 50.7 Å². The van der Waals surface area contributed by atoms with Gasteiger partial charge in [0.1, 0.15) is 6.04 Å². The molecule has 214 valence electrons. The minimum absolute atomic E-state index is 0.0726. The molecule has 1 aliphatic rings. The first kappa shape index (κ1) is 31.2. The third-order valence-corrected chi connectivity index (χ3v) is 9.24. The first-order valence-electron chi connectivity index (χ1n) is 13.5. The Morgan fingerprint density at radius 2 is 1.77 bits per heavy atom. The van der Waals surface area contributed by atoms with Crippen LogP contribution in [0.1, 0.15) is 68.6 Å². The van der Waals surface area contributed by atoms with Crippen molar-refractivity contribution in [1.82, 2.24) is 10.2 Å². The Labute approximate surface area is 242 Å². The van der Waals surface area contributed by atoms with Crippen LogP contribution in [0.15, 0.2) is 36.4 Å². The Balaban J connectivity index is 1.77. The van der Waals surface area contributed by atoms with E-state index in [-0.39, 0.29) is 37.4 Å². The van der Waals surface area contributed by atoms with E-state index in [9.17, 15) is 18.0 Å². The van der Waals surface area contributed by atoms with E-state index in [4.69, 9.17) is 23.2 Å². The van der Waals surface area contributed by atoms with Gasteiger partial charge in [-0.05, 0) is 74.9 Å². The van der Waals surface area contributed by atoms with Gasteiger partial charge in [0.2, 0.25) is 21.8 Å². The smallest absolute Gasteiger partial charge is 0.242 e. The van der Waals surface area contributed by atoms with Gasteiger partial charge in [-0.25, -0.2) is 8.42 Å². The number of hydrogen-bond donors (Lipinski definition) is 1. The topological polar surface area (TPSA) is 86.8 Å². The molecule has 0 heterocycles. The van der Waals surface area contributed by atoms with Crippen molar-refractivity contribution < 1.29 is 18.0 Å². The molecule has 7 nitrogen and oxygen atoms in total. The second-order valence-corrected chi connectivity index (χ2v) is 13.2. The largest absolute Gasteiger partial charge is 0.352 e. The van der Waals surface area contributed by atoms with Crippen LogP contribution < -0.4 is 9.62 Å². The first-order valence-corrected chi connectivity index (χ1v) is 16.1. The molecule has 0 unspecified atom stereocenters. The molecule has 39 heavy (non-hydrogen) atoms. The van der Waals surface area contributed by atoms with Crippen LogP contribution in [0.3, 0.4) is 0 Å². The van der Waals surface area contributed by atoms with E-state index < -0.39 is 16.1 Å². The van der Waals surface area contributed by atoms with Crippen molar-refractivity contribution in [3.8, 4) is 0 Å². The maximum Gasteiger partial charge on any atom is 0.242 e. The first-order chi connectivity index (χ1) is 18.4. The Morgan fingerprint density at radius 3 is 2.41 bits per heavy atom. The highest BCUT2D eigenvalue weighted by Gasteiger charge is 2.29. The third kappa shape index (κ3) is 8.60. The van der Waals surface area contributed by atoms with E-state index in [1.54, 1.807) is 31.2 Å². The summed E-state index contributed by atoms with van der Waals surface area (Å²) in [5, 5.41) is 4.01. The van der Waals surface area contributed by atoms with Crippen LogP contribution in [0, 0.1) is 13.8 Å². The van der Waals surface area contributed by atoms with Crippen LogP contribution >= 0.6 is 23.2 Å². The summed E-state index contributed by atoms with van der Waals surface area (Å²) in [5.74, 6) is -0.449. The summed E-state index contributed by atoms with van der Waals surface area (Å²) in [7, 11) is -3.57. The Bertz CT molecular complexity index is 1280. The molecule has 1 fully saturated rings. The summed E-state index contributed by atoms with van der Waals surface area (Å²) in [5.41, 5.74) is 3.15. The predicted octanol–water partition coefficient (Wildman–Crippen LogP) is 6.02. The molecule has 0 aromatic heterocycles. The highest BCUT2D eigenvalue weighted by atomic mass is 35.5. The zero-order chi connectivity index (χ0) is 28.7. The second kappa shape index (κ2) is 13.9. The minimum atomic E-state index is -3.57. The van der Waals surface area contributed by atoms with E-state index in [1.165, 1.54) is 21.9 Å². The molecule has 0 saturated heterocycles. The molecule has 3 rings (SSSR count). The number of rotatable bonds is 11. The van der Waals surface area contributed by atoms with Crippen LogP contribution in [0.2, 0.25) is 10.0 Å². The van der Waals surface area contributed by atoms with Crippen molar-refractivity contribution in [2.75, 3.05) is 17.1 Å². The third-order valence-electron chi connectivity index (χ3n) is 7.47. The summed E-state index contributed by atoms with van der Waals surface area (Å²) in [6, 6.07) is 9.99. The fraction of sp³-hybridized carbons (Fsp3) is 0.517.